The van der Waals surface area contributed by atoms with Crippen molar-refractivity contribution in [1.29, 1.82) is 0 Å². The first-order valence-electron chi connectivity index (χ1n) is 8.77. The lowest BCUT2D eigenvalue weighted by molar-refractivity contribution is 0.794. The Bertz CT molecular complexity index is 1250. The summed E-state index contributed by atoms with van der Waals surface area (Å²) in [4.78, 5) is 0. The summed E-state index contributed by atoms with van der Waals surface area (Å²) in [5, 5.41) is 15.9. The standard InChI is InChI=1S/C22H17N3S2/c1-25-21(19-14-26-20-12-5-4-11-18(19)20)23-24-22(25)27-13-16-9-6-8-15-7-2-3-10-17(15)16/h2-12,14H,13H2,1H3. The molecule has 0 radical (unpaired) electrons. The predicted octanol–water partition coefficient (Wildman–Crippen LogP) is 6.14. The average molecular weight is 388 g/mol. The van der Waals surface area contributed by atoms with Crippen LogP contribution in [0.4, 0.5) is 0 Å². The molecule has 0 N–H and O–H groups in total. The molecular formula is C22H17N3S2. The molecule has 2 aromatic heterocycles. The molecule has 0 aliphatic rings. The molecule has 2 heterocycles. The van der Waals surface area contributed by atoms with Gasteiger partial charge in [0.2, 0.25) is 0 Å². The second-order valence-corrected chi connectivity index (χ2v) is 8.29. The summed E-state index contributed by atoms with van der Waals surface area (Å²) in [7, 11) is 2.05. The number of fused-ring (bicyclic) bond motifs is 2. The molecule has 5 rings (SSSR count). The van der Waals surface area contributed by atoms with E-state index in [4.69, 9.17) is 0 Å². The van der Waals surface area contributed by atoms with Crippen molar-refractivity contribution in [2.75, 3.05) is 0 Å². The predicted molar refractivity (Wildman–Crippen MR) is 115 cm³/mol. The van der Waals surface area contributed by atoms with Crippen LogP contribution in [0.25, 0.3) is 32.2 Å². The van der Waals surface area contributed by atoms with Crippen molar-refractivity contribution in [2.45, 2.75) is 10.9 Å². The zero-order chi connectivity index (χ0) is 18.2. The van der Waals surface area contributed by atoms with Crippen LogP contribution >= 0.6 is 23.1 Å². The second kappa shape index (κ2) is 6.83. The molecule has 0 aliphatic heterocycles. The molecule has 0 bridgehead atoms. The molecule has 0 fully saturated rings. The Morgan fingerprint density at radius 2 is 1.67 bits per heavy atom. The van der Waals surface area contributed by atoms with Gasteiger partial charge >= 0.3 is 0 Å². The van der Waals surface area contributed by atoms with Gasteiger partial charge in [-0.1, -0.05) is 72.4 Å². The summed E-state index contributed by atoms with van der Waals surface area (Å²) in [5.41, 5.74) is 2.48. The van der Waals surface area contributed by atoms with Crippen LogP contribution in [-0.4, -0.2) is 14.8 Å². The SMILES string of the molecule is Cn1c(SCc2cccc3ccccc23)nnc1-c1csc2ccccc12. The van der Waals surface area contributed by atoms with Gasteiger partial charge in [0.15, 0.2) is 11.0 Å². The van der Waals surface area contributed by atoms with Crippen LogP contribution in [-0.2, 0) is 12.8 Å². The summed E-state index contributed by atoms with van der Waals surface area (Å²) in [5.74, 6) is 1.80. The van der Waals surface area contributed by atoms with Crippen LogP contribution < -0.4 is 0 Å². The summed E-state index contributed by atoms with van der Waals surface area (Å²) in [6, 6.07) is 23.4. The smallest absolute Gasteiger partial charge is 0.191 e. The van der Waals surface area contributed by atoms with Crippen LogP contribution in [0, 0.1) is 0 Å². The van der Waals surface area contributed by atoms with Gasteiger partial charge in [-0.15, -0.1) is 21.5 Å². The molecule has 0 amide bonds. The van der Waals surface area contributed by atoms with E-state index in [-0.39, 0.29) is 0 Å². The van der Waals surface area contributed by atoms with Crippen molar-refractivity contribution in [3.63, 3.8) is 0 Å². The number of rotatable bonds is 4. The first-order valence-corrected chi connectivity index (χ1v) is 10.6. The molecule has 3 aromatic carbocycles. The molecule has 0 unspecified atom stereocenters. The summed E-state index contributed by atoms with van der Waals surface area (Å²) in [6.45, 7) is 0. The maximum absolute atomic E-state index is 4.48. The number of thioether (sulfide) groups is 1. The average Bonchev–Trinajstić information content (AvgIpc) is 3.29. The molecule has 0 saturated heterocycles. The number of benzene rings is 3. The van der Waals surface area contributed by atoms with Crippen LogP contribution in [0.5, 0.6) is 0 Å². The van der Waals surface area contributed by atoms with Gasteiger partial charge in [0.1, 0.15) is 0 Å². The van der Waals surface area contributed by atoms with Gasteiger partial charge < -0.3 is 4.57 Å². The van der Waals surface area contributed by atoms with Crippen molar-refractivity contribution in [3.05, 3.63) is 77.7 Å². The molecule has 0 atom stereocenters. The fourth-order valence-electron chi connectivity index (χ4n) is 3.39. The van der Waals surface area contributed by atoms with Gasteiger partial charge in [0.05, 0.1) is 0 Å². The molecule has 27 heavy (non-hydrogen) atoms. The fourth-order valence-corrected chi connectivity index (χ4v) is 5.24. The molecule has 0 spiro atoms. The Hall–Kier alpha value is -2.63. The second-order valence-electron chi connectivity index (χ2n) is 6.44. The van der Waals surface area contributed by atoms with E-state index in [9.17, 15) is 0 Å². The van der Waals surface area contributed by atoms with Crippen molar-refractivity contribution in [3.8, 4) is 11.4 Å². The van der Waals surface area contributed by atoms with E-state index in [1.54, 1.807) is 23.1 Å². The van der Waals surface area contributed by atoms with Crippen molar-refractivity contribution in [2.24, 2.45) is 7.05 Å². The Balaban J connectivity index is 1.46. The molecule has 0 aliphatic carbocycles. The highest BCUT2D eigenvalue weighted by Crippen LogP contribution is 2.34. The zero-order valence-electron chi connectivity index (χ0n) is 14.8. The van der Waals surface area contributed by atoms with Crippen molar-refractivity contribution >= 4 is 44.0 Å². The lowest BCUT2D eigenvalue weighted by atomic mass is 10.1. The van der Waals surface area contributed by atoms with E-state index < -0.39 is 0 Å². The van der Waals surface area contributed by atoms with Gasteiger partial charge in [0.25, 0.3) is 0 Å². The largest absolute Gasteiger partial charge is 0.305 e. The lowest BCUT2D eigenvalue weighted by Crippen LogP contribution is -1.95. The fraction of sp³-hybridized carbons (Fsp3) is 0.0909. The lowest BCUT2D eigenvalue weighted by Gasteiger charge is -2.07. The van der Waals surface area contributed by atoms with Gasteiger partial charge in [-0.3, -0.25) is 0 Å². The molecule has 3 nitrogen and oxygen atoms in total. The van der Waals surface area contributed by atoms with Gasteiger partial charge in [-0.25, -0.2) is 0 Å². The third-order valence-corrected chi connectivity index (χ3v) is 6.83. The van der Waals surface area contributed by atoms with Gasteiger partial charge in [-0.05, 0) is 22.4 Å². The maximum Gasteiger partial charge on any atom is 0.191 e. The summed E-state index contributed by atoms with van der Waals surface area (Å²) < 4.78 is 3.38. The first-order chi connectivity index (χ1) is 13.3. The minimum Gasteiger partial charge on any atom is -0.305 e. The number of aromatic nitrogens is 3. The topological polar surface area (TPSA) is 30.7 Å². The van der Waals surface area contributed by atoms with E-state index in [1.165, 1.54) is 26.4 Å². The minimum atomic E-state index is 0.873. The number of hydrogen-bond acceptors (Lipinski definition) is 4. The highest BCUT2D eigenvalue weighted by atomic mass is 32.2. The first kappa shape index (κ1) is 16.5. The number of thiophene rings is 1. The Kier molecular flexibility index (Phi) is 4.19. The molecule has 132 valence electrons. The van der Waals surface area contributed by atoms with Crippen LogP contribution in [0.2, 0.25) is 0 Å². The highest BCUT2D eigenvalue weighted by molar-refractivity contribution is 7.98. The summed E-state index contributed by atoms with van der Waals surface area (Å²) >= 11 is 3.48. The highest BCUT2D eigenvalue weighted by Gasteiger charge is 2.15. The maximum atomic E-state index is 4.48. The van der Waals surface area contributed by atoms with E-state index in [0.29, 0.717) is 0 Å². The Labute approximate surface area is 165 Å². The number of hydrogen-bond donors (Lipinski definition) is 0. The van der Waals surface area contributed by atoms with Crippen molar-refractivity contribution < 1.29 is 0 Å². The van der Waals surface area contributed by atoms with Crippen molar-refractivity contribution in [1.82, 2.24) is 14.8 Å². The molecule has 5 heteroatoms. The van der Waals surface area contributed by atoms with Crippen LogP contribution in [0.15, 0.2) is 77.3 Å². The molecular weight excluding hydrogens is 370 g/mol. The minimum absolute atomic E-state index is 0.873. The Morgan fingerprint density at radius 1 is 0.889 bits per heavy atom. The third-order valence-electron chi connectivity index (χ3n) is 4.79. The van der Waals surface area contributed by atoms with Crippen LogP contribution in [0.3, 0.4) is 0 Å². The quantitative estimate of drug-likeness (QED) is 0.347. The monoisotopic (exact) mass is 387 g/mol. The normalized spacial score (nSPS) is 11.4. The van der Waals surface area contributed by atoms with Gasteiger partial charge in [0, 0.05) is 33.8 Å². The van der Waals surface area contributed by atoms with E-state index in [2.05, 4.69) is 86.9 Å². The van der Waals surface area contributed by atoms with E-state index in [0.717, 1.165) is 22.3 Å². The zero-order valence-corrected chi connectivity index (χ0v) is 16.4. The molecule has 5 aromatic rings. The number of nitrogens with zero attached hydrogens (tertiary/aromatic N) is 3. The van der Waals surface area contributed by atoms with Crippen LogP contribution in [0.1, 0.15) is 5.56 Å². The third kappa shape index (κ3) is 2.93. The Morgan fingerprint density at radius 3 is 2.59 bits per heavy atom. The van der Waals surface area contributed by atoms with E-state index in [1.807, 2.05) is 7.05 Å². The van der Waals surface area contributed by atoms with E-state index >= 15 is 0 Å². The summed E-state index contributed by atoms with van der Waals surface area (Å²) in [6.07, 6.45) is 0. The molecule has 0 saturated carbocycles. The van der Waals surface area contributed by atoms with Gasteiger partial charge in [-0.2, -0.15) is 0 Å².